The molecule has 0 saturated heterocycles. The minimum Gasteiger partial charge on any atom is -0.756 e. The molecule has 0 saturated carbocycles. The number of ether oxygens (including phenoxy) is 7. The Balaban J connectivity index is 2.11. The van der Waals surface area contributed by atoms with Crippen molar-refractivity contribution in [2.24, 2.45) is 0 Å². The van der Waals surface area contributed by atoms with Crippen LogP contribution in [0.15, 0.2) is 18.2 Å². The molecule has 11 nitrogen and oxygen atoms in total. The number of hydrogen-bond donors (Lipinski definition) is 1. The molecule has 0 aliphatic carbocycles. The molecule has 0 spiro atoms. The third kappa shape index (κ3) is 30.5. The molecule has 294 valence electrons. The summed E-state index contributed by atoms with van der Waals surface area (Å²) < 4.78 is 53.6. The maximum Gasteiger partial charge on any atom is 0.265 e. The number of rotatable bonds is 39. The van der Waals surface area contributed by atoms with E-state index in [1.54, 1.807) is 0 Å². The lowest BCUT2D eigenvalue weighted by atomic mass is 9.95. The first kappa shape index (κ1) is 46.9. The number of phosphoric acid groups is 1. The van der Waals surface area contributed by atoms with Gasteiger partial charge in [0.2, 0.25) is 0 Å². The third-order valence-electron chi connectivity index (χ3n) is 8.14. The first-order valence-corrected chi connectivity index (χ1v) is 20.9. The molecule has 1 unspecified atom stereocenters. The number of aryl methyl sites for hydroxylation is 1. The molecule has 0 amide bonds. The monoisotopic (exact) mass is 733 g/mol. The summed E-state index contributed by atoms with van der Waals surface area (Å²) in [6.45, 7) is 9.81. The van der Waals surface area contributed by atoms with Crippen LogP contribution in [0, 0.1) is 0 Å². The summed E-state index contributed by atoms with van der Waals surface area (Å²) in [4.78, 5) is 18.9. The molecule has 0 bridgehead atoms. The van der Waals surface area contributed by atoms with Crippen LogP contribution in [-0.4, -0.2) is 97.4 Å². The molecule has 1 N–H and O–H groups in total. The van der Waals surface area contributed by atoms with E-state index in [4.69, 9.17) is 38.1 Å². The van der Waals surface area contributed by atoms with Gasteiger partial charge >= 0.3 is 0 Å². The second-order valence-electron chi connectivity index (χ2n) is 12.5. The Bertz CT molecular complexity index is 915. The Labute approximate surface area is 303 Å². The van der Waals surface area contributed by atoms with E-state index in [0.29, 0.717) is 72.7 Å². The largest absolute Gasteiger partial charge is 0.756 e. The van der Waals surface area contributed by atoms with Crippen LogP contribution in [0.25, 0.3) is 0 Å². The van der Waals surface area contributed by atoms with Gasteiger partial charge in [-0.25, -0.2) is 0 Å². The van der Waals surface area contributed by atoms with Crippen LogP contribution in [0.3, 0.4) is 0 Å². The Morgan fingerprint density at radius 1 is 0.520 bits per heavy atom. The lowest BCUT2D eigenvalue weighted by molar-refractivity contribution is -0.220. The molecule has 0 radical (unpaired) electrons. The summed E-state index contributed by atoms with van der Waals surface area (Å²) in [6, 6.07) is 6.59. The molecular weight excluding hydrogens is 663 g/mol. The van der Waals surface area contributed by atoms with Crippen LogP contribution >= 0.6 is 7.82 Å². The summed E-state index contributed by atoms with van der Waals surface area (Å²) in [6.07, 6.45) is 20.7. The van der Waals surface area contributed by atoms with Gasteiger partial charge in [-0.2, -0.15) is 0 Å². The van der Waals surface area contributed by atoms with Crippen LogP contribution in [0.5, 0.6) is 5.75 Å². The molecule has 0 aliphatic rings. The summed E-state index contributed by atoms with van der Waals surface area (Å²) >= 11 is 0. The Morgan fingerprint density at radius 3 is 1.34 bits per heavy atom. The average Bonchev–Trinajstić information content (AvgIpc) is 3.09. The van der Waals surface area contributed by atoms with Gasteiger partial charge in [-0.1, -0.05) is 103 Å². The first-order valence-electron chi connectivity index (χ1n) is 19.4. The van der Waals surface area contributed by atoms with Crippen LogP contribution in [0.1, 0.15) is 115 Å². The van der Waals surface area contributed by atoms with Gasteiger partial charge in [-0.15, -0.1) is 0 Å². The van der Waals surface area contributed by atoms with E-state index in [9.17, 15) is 9.46 Å². The molecule has 50 heavy (non-hydrogen) atoms. The van der Waals surface area contributed by atoms with Crippen LogP contribution < -0.4 is 9.63 Å². The highest BCUT2D eigenvalue weighted by Gasteiger charge is 2.10. The number of benzene rings is 1. The molecule has 1 aromatic carbocycles. The molecule has 1 aromatic rings. The van der Waals surface area contributed by atoms with Crippen molar-refractivity contribution < 1.29 is 52.0 Å². The maximum atomic E-state index is 10.4. The van der Waals surface area contributed by atoms with Crippen molar-refractivity contribution in [3.05, 3.63) is 29.3 Å². The second kappa shape index (κ2) is 34.9. The highest BCUT2D eigenvalue weighted by molar-refractivity contribution is 7.44. The van der Waals surface area contributed by atoms with Crippen LogP contribution in [-0.2, 0) is 50.4 Å². The zero-order valence-corrected chi connectivity index (χ0v) is 32.3. The van der Waals surface area contributed by atoms with Gasteiger partial charge in [0.25, 0.3) is 7.82 Å². The van der Waals surface area contributed by atoms with Gasteiger partial charge in [0.1, 0.15) is 12.4 Å². The van der Waals surface area contributed by atoms with Crippen molar-refractivity contribution in [1.82, 2.24) is 0 Å². The number of phosphoric ester groups is 1. The van der Waals surface area contributed by atoms with Crippen molar-refractivity contribution in [3.8, 4) is 5.75 Å². The van der Waals surface area contributed by atoms with Gasteiger partial charge in [0.15, 0.2) is 0 Å². The van der Waals surface area contributed by atoms with Gasteiger partial charge in [-0.3, -0.25) is 4.57 Å². The minimum absolute atomic E-state index is 0.0464. The van der Waals surface area contributed by atoms with E-state index in [0.717, 1.165) is 18.6 Å². The van der Waals surface area contributed by atoms with Gasteiger partial charge < -0.3 is 47.5 Å². The van der Waals surface area contributed by atoms with Crippen molar-refractivity contribution >= 4 is 7.82 Å². The first-order chi connectivity index (χ1) is 24.5. The van der Waals surface area contributed by atoms with Gasteiger partial charge in [0.05, 0.1) is 85.9 Å². The Hall–Kier alpha value is -1.11. The van der Waals surface area contributed by atoms with E-state index < -0.39 is 7.82 Å². The van der Waals surface area contributed by atoms with Crippen molar-refractivity contribution in [2.75, 3.05) is 92.5 Å². The lowest BCUT2D eigenvalue weighted by Crippen LogP contribution is -2.15. The summed E-state index contributed by atoms with van der Waals surface area (Å²) in [5.74, 6) is 1.03. The second-order valence-corrected chi connectivity index (χ2v) is 13.7. The maximum absolute atomic E-state index is 10.4. The topological polar surface area (TPSA) is 134 Å². The highest BCUT2D eigenvalue weighted by atomic mass is 31.2. The minimum atomic E-state index is -4.69. The quantitative estimate of drug-likeness (QED) is 0.0543. The predicted octanol–water partition coefficient (Wildman–Crippen LogP) is 7.23. The van der Waals surface area contributed by atoms with Crippen molar-refractivity contribution in [2.45, 2.75) is 117 Å². The highest BCUT2D eigenvalue weighted by Crippen LogP contribution is 2.29. The molecular formula is C38H70O11P-. The molecule has 12 heteroatoms. The van der Waals surface area contributed by atoms with E-state index in [1.165, 1.54) is 101 Å². The fraction of sp³-hybridized carbons (Fsp3) is 0.842. The Morgan fingerprint density at radius 2 is 0.900 bits per heavy atom. The lowest BCUT2D eigenvalue weighted by Gasteiger charge is -2.16. The van der Waals surface area contributed by atoms with Gasteiger partial charge in [0, 0.05) is 0 Å². The number of hydrogen-bond acceptors (Lipinski definition) is 10. The van der Waals surface area contributed by atoms with Crippen LogP contribution in [0.2, 0.25) is 0 Å². The van der Waals surface area contributed by atoms with Gasteiger partial charge in [-0.05, 0) is 42.9 Å². The summed E-state index contributed by atoms with van der Waals surface area (Å²) in [7, 11) is -4.69. The Kier molecular flexibility index (Phi) is 32.8. The zero-order chi connectivity index (χ0) is 36.2. The normalized spacial score (nSPS) is 12.8. The van der Waals surface area contributed by atoms with Crippen molar-refractivity contribution in [3.63, 3.8) is 0 Å². The molecule has 0 heterocycles. The molecule has 1 rings (SSSR count). The molecule has 0 aliphatic heterocycles. The molecule has 0 aromatic heterocycles. The standard InChI is InChI=1S/C38H71O11P/c1-3-5-7-9-11-13-15-18-36-19-17-21-38(37(36)20-16-14-12-10-8-6-4-2)48-34-32-46-30-28-44-26-24-42-22-23-43-25-27-45-29-31-47-33-35-49-50(39,40)41/h17,19,21H,3-16,18,20,22-35H2,1-2H3,(H2,39,40,41)/p-1. The smallest absolute Gasteiger partial charge is 0.265 e. The summed E-state index contributed by atoms with van der Waals surface area (Å²) in [5.41, 5.74) is 2.87. The van der Waals surface area contributed by atoms with Crippen molar-refractivity contribution in [1.29, 1.82) is 0 Å². The van der Waals surface area contributed by atoms with E-state index in [-0.39, 0.29) is 19.8 Å². The van der Waals surface area contributed by atoms with Crippen LogP contribution in [0.4, 0.5) is 0 Å². The SMILES string of the molecule is CCCCCCCCCc1cccc(OCCOCCOCCOCCOCCOCCOCCOP(=O)([O-])O)c1CCCCCCCCC. The van der Waals surface area contributed by atoms with E-state index in [1.807, 2.05) is 0 Å². The third-order valence-corrected chi connectivity index (χ3v) is 8.65. The fourth-order valence-electron chi connectivity index (χ4n) is 5.42. The molecule has 0 fully saturated rings. The van der Waals surface area contributed by atoms with E-state index >= 15 is 0 Å². The predicted molar refractivity (Wildman–Crippen MR) is 196 cm³/mol. The average molecular weight is 734 g/mol. The van der Waals surface area contributed by atoms with E-state index in [2.05, 4.69) is 36.6 Å². The number of unbranched alkanes of at least 4 members (excludes halogenated alkanes) is 12. The fourth-order valence-corrected chi connectivity index (χ4v) is 5.72. The molecule has 1 atom stereocenters. The zero-order valence-electron chi connectivity index (χ0n) is 31.4. The summed E-state index contributed by atoms with van der Waals surface area (Å²) in [5, 5.41) is 0.